The van der Waals surface area contributed by atoms with E-state index in [0.29, 0.717) is 11.1 Å². The first kappa shape index (κ1) is 29.6. The summed E-state index contributed by atoms with van der Waals surface area (Å²) in [5.41, 5.74) is 3.60. The topological polar surface area (TPSA) is 52.6 Å². The van der Waals surface area contributed by atoms with Gasteiger partial charge < -0.3 is 9.47 Å². The van der Waals surface area contributed by atoms with E-state index in [2.05, 4.69) is 27.7 Å². The molecule has 0 aromatic heterocycles. The molecule has 2 aromatic rings. The summed E-state index contributed by atoms with van der Waals surface area (Å²) >= 11 is 0. The van der Waals surface area contributed by atoms with E-state index in [4.69, 9.17) is 9.47 Å². The lowest BCUT2D eigenvalue weighted by Gasteiger charge is -2.30. The average Bonchev–Trinajstić information content (AvgIpc) is 2.90. The summed E-state index contributed by atoms with van der Waals surface area (Å²) in [6, 6.07) is 15.5. The Bertz CT molecular complexity index is 825. The first-order chi connectivity index (χ1) is 17.4. The van der Waals surface area contributed by atoms with Crippen molar-refractivity contribution < 1.29 is 19.1 Å². The fourth-order valence-corrected chi connectivity index (χ4v) is 4.45. The third kappa shape index (κ3) is 9.44. The van der Waals surface area contributed by atoms with E-state index < -0.39 is 0 Å². The Morgan fingerprint density at radius 1 is 0.611 bits per heavy atom. The van der Waals surface area contributed by atoms with E-state index in [1.54, 1.807) is 0 Å². The Morgan fingerprint density at radius 2 is 0.972 bits per heavy atom. The molecule has 4 heteroatoms. The van der Waals surface area contributed by atoms with Crippen molar-refractivity contribution in [3.05, 3.63) is 70.8 Å². The average molecular weight is 495 g/mol. The molecule has 198 valence electrons. The minimum absolute atomic E-state index is 0.106. The molecule has 36 heavy (non-hydrogen) atoms. The molecule has 0 aliphatic heterocycles. The summed E-state index contributed by atoms with van der Waals surface area (Å²) in [5.74, 6) is -0.733. The van der Waals surface area contributed by atoms with Crippen LogP contribution in [-0.4, -0.2) is 24.1 Å². The molecule has 0 fully saturated rings. The van der Waals surface area contributed by atoms with Gasteiger partial charge in [-0.05, 0) is 73.9 Å². The van der Waals surface area contributed by atoms with Crippen LogP contribution >= 0.6 is 0 Å². The molecular formula is C32H46O4. The third-order valence-electron chi connectivity index (χ3n) is 6.85. The molecule has 0 heterocycles. The normalized spacial score (nSPS) is 13.6. The summed E-state index contributed by atoms with van der Waals surface area (Å²) in [5, 5.41) is 0. The van der Waals surface area contributed by atoms with Crippen molar-refractivity contribution in [2.75, 3.05) is 0 Å². The maximum absolute atomic E-state index is 13.0. The molecule has 2 atom stereocenters. The number of carbonyl (C=O) groups is 2. The molecule has 0 N–H and O–H groups in total. The zero-order chi connectivity index (χ0) is 26.3. The Morgan fingerprint density at radius 3 is 1.28 bits per heavy atom. The first-order valence-electron chi connectivity index (χ1n) is 14.0. The second-order valence-corrected chi connectivity index (χ2v) is 9.92. The van der Waals surface area contributed by atoms with Gasteiger partial charge in [0, 0.05) is 5.92 Å². The van der Waals surface area contributed by atoms with Crippen LogP contribution in [0.2, 0.25) is 0 Å². The molecule has 0 amide bonds. The van der Waals surface area contributed by atoms with Gasteiger partial charge in [0.15, 0.2) is 0 Å². The highest BCUT2D eigenvalue weighted by molar-refractivity contribution is 5.90. The van der Waals surface area contributed by atoms with Gasteiger partial charge >= 0.3 is 11.9 Å². The third-order valence-corrected chi connectivity index (χ3v) is 6.85. The quantitative estimate of drug-likeness (QED) is 0.220. The minimum atomic E-state index is -0.317. The summed E-state index contributed by atoms with van der Waals surface area (Å²) < 4.78 is 12.0. The van der Waals surface area contributed by atoms with Crippen molar-refractivity contribution in [3.8, 4) is 0 Å². The fourth-order valence-electron chi connectivity index (χ4n) is 4.45. The van der Waals surface area contributed by atoms with Crippen LogP contribution in [0.15, 0.2) is 48.5 Å². The predicted molar refractivity (Wildman–Crippen MR) is 147 cm³/mol. The monoisotopic (exact) mass is 494 g/mol. The van der Waals surface area contributed by atoms with Crippen molar-refractivity contribution in [2.45, 2.75) is 111 Å². The molecule has 0 bridgehead atoms. The van der Waals surface area contributed by atoms with Crippen molar-refractivity contribution in [3.63, 3.8) is 0 Å². The Labute approximate surface area is 218 Å². The second kappa shape index (κ2) is 16.2. The molecule has 0 saturated heterocycles. The van der Waals surface area contributed by atoms with Gasteiger partial charge in [0.05, 0.1) is 11.1 Å². The zero-order valence-corrected chi connectivity index (χ0v) is 23.1. The number of hydrogen-bond donors (Lipinski definition) is 0. The molecule has 0 radical (unpaired) electrons. The van der Waals surface area contributed by atoms with Crippen molar-refractivity contribution >= 4 is 11.9 Å². The smallest absolute Gasteiger partial charge is 0.338 e. The maximum atomic E-state index is 13.0. The van der Waals surface area contributed by atoms with Gasteiger partial charge in [-0.25, -0.2) is 9.59 Å². The molecule has 2 unspecified atom stereocenters. The molecular weight excluding hydrogens is 448 g/mol. The number of unbranched alkanes of at least 4 members (excludes halogenated alkanes) is 2. The highest BCUT2D eigenvalue weighted by atomic mass is 16.6. The molecule has 2 aromatic carbocycles. The molecule has 0 aliphatic carbocycles. The van der Waals surface area contributed by atoms with Gasteiger partial charge in [0.2, 0.25) is 0 Å². The first-order valence-corrected chi connectivity index (χ1v) is 14.0. The Kier molecular flexibility index (Phi) is 13.3. The minimum Gasteiger partial charge on any atom is -0.458 e. The van der Waals surface area contributed by atoms with E-state index in [-0.39, 0.29) is 30.1 Å². The van der Waals surface area contributed by atoms with E-state index in [0.717, 1.165) is 64.2 Å². The van der Waals surface area contributed by atoms with Crippen molar-refractivity contribution in [2.24, 2.45) is 5.92 Å². The van der Waals surface area contributed by atoms with E-state index in [9.17, 15) is 9.59 Å². The number of rotatable bonds is 16. The zero-order valence-electron chi connectivity index (χ0n) is 23.1. The summed E-state index contributed by atoms with van der Waals surface area (Å²) in [4.78, 5) is 25.9. The largest absolute Gasteiger partial charge is 0.458 e. The van der Waals surface area contributed by atoms with Crippen LogP contribution in [-0.2, 0) is 22.3 Å². The van der Waals surface area contributed by atoms with Gasteiger partial charge in [-0.1, -0.05) is 84.6 Å². The molecule has 4 nitrogen and oxygen atoms in total. The van der Waals surface area contributed by atoms with Crippen LogP contribution < -0.4 is 0 Å². The lowest BCUT2D eigenvalue weighted by molar-refractivity contribution is -0.0328. The summed E-state index contributed by atoms with van der Waals surface area (Å²) in [7, 11) is 0. The van der Waals surface area contributed by atoms with E-state index in [1.165, 1.54) is 11.1 Å². The van der Waals surface area contributed by atoms with E-state index in [1.807, 2.05) is 55.5 Å². The van der Waals surface area contributed by atoms with Gasteiger partial charge in [-0.3, -0.25) is 0 Å². The maximum Gasteiger partial charge on any atom is 0.338 e. The van der Waals surface area contributed by atoms with E-state index >= 15 is 0 Å². The van der Waals surface area contributed by atoms with Crippen LogP contribution in [0.5, 0.6) is 0 Å². The molecule has 0 spiro atoms. The van der Waals surface area contributed by atoms with Gasteiger partial charge in [-0.2, -0.15) is 0 Å². The molecule has 0 saturated carbocycles. The number of esters is 2. The second-order valence-electron chi connectivity index (χ2n) is 9.92. The number of aryl methyl sites for hydroxylation is 2. The number of ether oxygens (including phenoxy) is 2. The van der Waals surface area contributed by atoms with Crippen molar-refractivity contribution in [1.29, 1.82) is 0 Å². The lowest BCUT2D eigenvalue weighted by atomic mass is 9.91. The van der Waals surface area contributed by atoms with Gasteiger partial charge in [0.1, 0.15) is 12.2 Å². The van der Waals surface area contributed by atoms with Crippen LogP contribution in [0.3, 0.4) is 0 Å². The predicted octanol–water partition coefficient (Wildman–Crippen LogP) is 8.36. The fraction of sp³-hybridized carbons (Fsp3) is 0.562. The Hall–Kier alpha value is -2.62. The van der Waals surface area contributed by atoms with Gasteiger partial charge in [0.25, 0.3) is 0 Å². The van der Waals surface area contributed by atoms with Crippen LogP contribution in [0.1, 0.15) is 118 Å². The van der Waals surface area contributed by atoms with Crippen molar-refractivity contribution in [1.82, 2.24) is 0 Å². The number of benzene rings is 2. The SMILES string of the molecule is CCCCc1ccc(C(=O)OC(CCC)C(C)C(CCC)OC(=O)c2ccc(CCCC)cc2)cc1. The number of carbonyl (C=O) groups excluding carboxylic acids is 2. The van der Waals surface area contributed by atoms with Gasteiger partial charge in [-0.15, -0.1) is 0 Å². The Balaban J connectivity index is 2.07. The molecule has 2 rings (SSSR count). The van der Waals surface area contributed by atoms with Crippen LogP contribution in [0.4, 0.5) is 0 Å². The van der Waals surface area contributed by atoms with Crippen LogP contribution in [0, 0.1) is 5.92 Å². The summed E-state index contributed by atoms with van der Waals surface area (Å²) in [6.45, 7) is 10.5. The van der Waals surface area contributed by atoms with Crippen LogP contribution in [0.25, 0.3) is 0 Å². The number of hydrogen-bond acceptors (Lipinski definition) is 4. The standard InChI is InChI=1S/C32H46O4/c1-6-10-14-25-16-20-27(21-17-25)31(33)35-29(12-8-3)24(5)30(13-9-4)36-32(34)28-22-18-26(19-23-28)15-11-7-2/h16-24,29-30H,6-15H2,1-5H3. The molecule has 0 aliphatic rings. The lowest BCUT2D eigenvalue weighted by Crippen LogP contribution is -2.36. The summed E-state index contributed by atoms with van der Waals surface area (Å²) in [6.07, 6.45) is 9.19. The highest BCUT2D eigenvalue weighted by Crippen LogP contribution is 2.25. The highest BCUT2D eigenvalue weighted by Gasteiger charge is 2.31.